The molecule has 0 aliphatic carbocycles. The van der Waals surface area contributed by atoms with Crippen LogP contribution in [0, 0.1) is 5.92 Å². The van der Waals surface area contributed by atoms with Crippen LogP contribution < -0.4 is 0 Å². The monoisotopic (exact) mass is 442 g/mol. The molecule has 0 heterocycles. The summed E-state index contributed by atoms with van der Waals surface area (Å²) < 4.78 is 146. The lowest BCUT2D eigenvalue weighted by Crippen LogP contribution is -2.62. The first-order valence-electron chi connectivity index (χ1n) is 7.82. The Morgan fingerprint density at radius 3 is 1.71 bits per heavy atom. The molecule has 0 aliphatic rings. The second-order valence-electron chi connectivity index (χ2n) is 5.80. The molecule has 0 aromatic rings. The van der Waals surface area contributed by atoms with Crippen molar-refractivity contribution in [3.63, 3.8) is 0 Å². The standard InChI is InChI=1S/C14H17F11O3/c1-3-5-6-8(4-2)7-27-9(26)10(15,12(18,19)20)28-14(24,25)11(16,17)13(21,22)23/h8H,3-7H2,1-2H3/t8-,10-/m0/s1. The number of esters is 1. The zero-order chi connectivity index (χ0) is 22.6. The van der Waals surface area contributed by atoms with Gasteiger partial charge >= 0.3 is 36.2 Å². The maximum atomic E-state index is 13.9. The Bertz CT molecular complexity index is 516. The van der Waals surface area contributed by atoms with Crippen molar-refractivity contribution in [1.82, 2.24) is 0 Å². The zero-order valence-corrected chi connectivity index (χ0v) is 14.5. The van der Waals surface area contributed by atoms with Crippen LogP contribution in [0.4, 0.5) is 48.3 Å². The van der Waals surface area contributed by atoms with Crippen molar-refractivity contribution in [2.45, 2.75) is 69.8 Å². The van der Waals surface area contributed by atoms with Crippen molar-refractivity contribution >= 4 is 5.97 Å². The molecule has 0 fully saturated rings. The van der Waals surface area contributed by atoms with Crippen molar-refractivity contribution in [3.8, 4) is 0 Å². The van der Waals surface area contributed by atoms with Crippen LogP contribution >= 0.6 is 0 Å². The number of alkyl halides is 11. The van der Waals surface area contributed by atoms with Crippen LogP contribution in [0.3, 0.4) is 0 Å². The summed E-state index contributed by atoms with van der Waals surface area (Å²) in [5.74, 6) is -17.3. The van der Waals surface area contributed by atoms with E-state index >= 15 is 0 Å². The number of ether oxygens (including phenoxy) is 2. The highest BCUT2D eigenvalue weighted by Gasteiger charge is 2.80. The largest absolute Gasteiger partial charge is 0.462 e. The summed E-state index contributed by atoms with van der Waals surface area (Å²) in [6, 6.07) is 0. The van der Waals surface area contributed by atoms with Crippen molar-refractivity contribution in [1.29, 1.82) is 0 Å². The average Bonchev–Trinajstić information content (AvgIpc) is 2.51. The molecular formula is C14H17F11O3. The molecule has 168 valence electrons. The molecule has 14 heteroatoms. The van der Waals surface area contributed by atoms with E-state index in [0.717, 1.165) is 0 Å². The van der Waals surface area contributed by atoms with Gasteiger partial charge in [0.15, 0.2) is 0 Å². The molecular weight excluding hydrogens is 425 g/mol. The molecule has 0 spiro atoms. The van der Waals surface area contributed by atoms with Crippen LogP contribution in [0.25, 0.3) is 0 Å². The molecule has 0 saturated heterocycles. The highest BCUT2D eigenvalue weighted by molar-refractivity contribution is 5.78. The Kier molecular flexibility index (Phi) is 8.56. The number of hydrogen-bond acceptors (Lipinski definition) is 3. The first kappa shape index (κ1) is 26.7. The first-order valence-corrected chi connectivity index (χ1v) is 7.82. The Hall–Kier alpha value is -1.34. The molecule has 28 heavy (non-hydrogen) atoms. The summed E-state index contributed by atoms with van der Waals surface area (Å²) in [5.41, 5.74) is 0. The van der Waals surface area contributed by atoms with E-state index in [0.29, 0.717) is 12.8 Å². The minimum Gasteiger partial charge on any atom is -0.461 e. The predicted molar refractivity (Wildman–Crippen MR) is 71.2 cm³/mol. The minimum atomic E-state index is -7.23. The van der Waals surface area contributed by atoms with Crippen LogP contribution in [-0.2, 0) is 14.3 Å². The fourth-order valence-corrected chi connectivity index (χ4v) is 1.81. The van der Waals surface area contributed by atoms with Crippen LogP contribution in [0.2, 0.25) is 0 Å². The van der Waals surface area contributed by atoms with Crippen molar-refractivity contribution < 1.29 is 62.6 Å². The van der Waals surface area contributed by atoms with Gasteiger partial charge in [-0.15, -0.1) is 0 Å². The lowest BCUT2D eigenvalue weighted by molar-refractivity contribution is -0.475. The van der Waals surface area contributed by atoms with Crippen LogP contribution in [0.15, 0.2) is 0 Å². The number of rotatable bonds is 10. The SMILES string of the molecule is CCCC[C@H](CC)COC(=O)[C@](F)(OC(F)(F)C(F)(F)C(F)(F)F)C(F)(F)F. The van der Waals surface area contributed by atoms with Gasteiger partial charge in [0, 0.05) is 0 Å². The number of unbranched alkanes of at least 4 members (excludes halogenated alkanes) is 1. The summed E-state index contributed by atoms with van der Waals surface area (Å²) in [7, 11) is 0. The van der Waals surface area contributed by atoms with Gasteiger partial charge in [-0.25, -0.2) is 4.79 Å². The minimum absolute atomic E-state index is 0.210. The highest BCUT2D eigenvalue weighted by Crippen LogP contribution is 2.51. The third-order valence-electron chi connectivity index (χ3n) is 3.61. The summed E-state index contributed by atoms with van der Waals surface area (Å²) in [4.78, 5) is 11.4. The van der Waals surface area contributed by atoms with E-state index in [1.807, 2.05) is 0 Å². The molecule has 0 amide bonds. The van der Waals surface area contributed by atoms with Gasteiger partial charge in [0.1, 0.15) is 0 Å². The second-order valence-corrected chi connectivity index (χ2v) is 5.80. The lowest BCUT2D eigenvalue weighted by atomic mass is 10.0. The van der Waals surface area contributed by atoms with Gasteiger partial charge in [-0.2, -0.15) is 48.3 Å². The van der Waals surface area contributed by atoms with E-state index in [1.165, 1.54) is 6.92 Å². The van der Waals surface area contributed by atoms with Gasteiger partial charge in [-0.05, 0) is 12.3 Å². The first-order chi connectivity index (χ1) is 12.4. The lowest BCUT2D eigenvalue weighted by Gasteiger charge is -2.33. The molecule has 0 aliphatic heterocycles. The maximum absolute atomic E-state index is 13.9. The third kappa shape index (κ3) is 5.83. The molecule has 0 aromatic carbocycles. The van der Waals surface area contributed by atoms with Crippen LogP contribution in [0.5, 0.6) is 0 Å². The number of carbonyl (C=O) groups excluding carboxylic acids is 1. The molecule has 3 nitrogen and oxygen atoms in total. The normalized spacial score (nSPS) is 17.2. The topological polar surface area (TPSA) is 35.5 Å². The van der Waals surface area contributed by atoms with Gasteiger partial charge in [-0.3, -0.25) is 4.74 Å². The Morgan fingerprint density at radius 2 is 1.36 bits per heavy atom. The Morgan fingerprint density at radius 1 is 0.857 bits per heavy atom. The van der Waals surface area contributed by atoms with Gasteiger partial charge in [-0.1, -0.05) is 33.1 Å². The van der Waals surface area contributed by atoms with E-state index in [2.05, 4.69) is 9.47 Å². The van der Waals surface area contributed by atoms with Crippen LogP contribution in [0.1, 0.15) is 39.5 Å². The molecule has 2 atom stereocenters. The molecule has 0 rings (SSSR count). The molecule has 0 unspecified atom stereocenters. The Balaban J connectivity index is 5.63. The van der Waals surface area contributed by atoms with Gasteiger partial charge < -0.3 is 4.74 Å². The Labute approximate surface area is 152 Å². The number of hydrogen-bond donors (Lipinski definition) is 0. The van der Waals surface area contributed by atoms with E-state index < -0.39 is 48.7 Å². The van der Waals surface area contributed by atoms with Crippen LogP contribution in [-0.4, -0.2) is 42.8 Å². The van der Waals surface area contributed by atoms with Crippen molar-refractivity contribution in [2.75, 3.05) is 6.61 Å². The molecule has 0 aromatic heterocycles. The van der Waals surface area contributed by atoms with Crippen molar-refractivity contribution in [3.05, 3.63) is 0 Å². The maximum Gasteiger partial charge on any atom is 0.462 e. The number of carbonyl (C=O) groups is 1. The van der Waals surface area contributed by atoms with Gasteiger partial charge in [0.2, 0.25) is 0 Å². The molecule has 0 radical (unpaired) electrons. The predicted octanol–water partition coefficient (Wildman–Crippen LogP) is 5.78. The smallest absolute Gasteiger partial charge is 0.461 e. The fourth-order valence-electron chi connectivity index (χ4n) is 1.81. The summed E-state index contributed by atoms with van der Waals surface area (Å²) >= 11 is 0. The summed E-state index contributed by atoms with van der Waals surface area (Å²) in [6.07, 6.45) is -19.3. The average molecular weight is 442 g/mol. The fraction of sp³-hybridized carbons (Fsp3) is 0.929. The second kappa shape index (κ2) is 8.99. The summed E-state index contributed by atoms with van der Waals surface area (Å²) in [5, 5.41) is 0. The van der Waals surface area contributed by atoms with E-state index in [1.54, 1.807) is 6.92 Å². The molecule has 0 saturated carbocycles. The zero-order valence-electron chi connectivity index (χ0n) is 14.5. The van der Waals surface area contributed by atoms with E-state index in [-0.39, 0.29) is 12.8 Å². The van der Waals surface area contributed by atoms with Gasteiger partial charge in [0.05, 0.1) is 6.61 Å². The van der Waals surface area contributed by atoms with E-state index in [9.17, 15) is 53.1 Å². The molecule has 0 N–H and O–H groups in total. The third-order valence-corrected chi connectivity index (χ3v) is 3.61. The summed E-state index contributed by atoms with van der Waals surface area (Å²) in [6.45, 7) is 2.34. The van der Waals surface area contributed by atoms with Gasteiger partial charge in [0.25, 0.3) is 0 Å². The molecule has 0 bridgehead atoms. The van der Waals surface area contributed by atoms with Crippen molar-refractivity contribution in [2.24, 2.45) is 5.92 Å². The van der Waals surface area contributed by atoms with E-state index in [4.69, 9.17) is 0 Å². The number of halogens is 11. The highest BCUT2D eigenvalue weighted by atomic mass is 19.4. The quantitative estimate of drug-likeness (QED) is 0.318.